The molecule has 8 heteroatoms. The average Bonchev–Trinajstić information content (AvgIpc) is 2.49. The van der Waals surface area contributed by atoms with Crippen LogP contribution in [0.4, 0.5) is 5.82 Å². The van der Waals surface area contributed by atoms with Crippen molar-refractivity contribution in [1.82, 2.24) is 9.13 Å². The van der Waals surface area contributed by atoms with Crippen molar-refractivity contribution in [1.29, 1.82) is 0 Å². The Balaban J connectivity index is 2.31. The minimum Gasteiger partial charge on any atom is -0.485 e. The van der Waals surface area contributed by atoms with E-state index in [0.717, 1.165) is 13.6 Å². The maximum Gasteiger partial charge on any atom is 0.332 e. The summed E-state index contributed by atoms with van der Waals surface area (Å²) < 4.78 is 8.04. The molecule has 1 aromatic carbocycles. The molecule has 0 unspecified atom stereocenters. The zero-order valence-corrected chi connectivity index (χ0v) is 13.6. The normalized spacial score (nSPS) is 10.5. The van der Waals surface area contributed by atoms with Gasteiger partial charge in [0.25, 0.3) is 5.56 Å². The van der Waals surface area contributed by atoms with Crippen molar-refractivity contribution in [2.75, 3.05) is 12.3 Å². The monoisotopic (exact) mass is 367 g/mol. The first kappa shape index (κ1) is 16.0. The Bertz CT molecular complexity index is 854. The minimum absolute atomic E-state index is 0.170. The van der Waals surface area contributed by atoms with Gasteiger partial charge in [-0.05, 0) is 18.2 Å². The van der Waals surface area contributed by atoms with E-state index in [1.165, 1.54) is 14.1 Å². The Morgan fingerprint density at radius 1 is 1.27 bits per heavy atom. The van der Waals surface area contributed by atoms with Crippen molar-refractivity contribution < 1.29 is 9.53 Å². The number of Topliss-reactive ketones (excluding diaryl/α,β-unsaturated/α-hetero) is 1. The average molecular weight is 368 g/mol. The second-order valence-electron chi connectivity index (χ2n) is 4.64. The molecule has 0 amide bonds. The molecule has 0 saturated heterocycles. The molecule has 1 heterocycles. The SMILES string of the molecule is Cn1c(N)c(C(=O)COc2cccc(Br)c2)c(=O)n(C)c1=O. The topological polar surface area (TPSA) is 96.3 Å². The van der Waals surface area contributed by atoms with E-state index in [2.05, 4.69) is 15.9 Å². The van der Waals surface area contributed by atoms with Crippen molar-refractivity contribution in [3.05, 3.63) is 55.1 Å². The summed E-state index contributed by atoms with van der Waals surface area (Å²) in [4.78, 5) is 36.0. The number of aromatic nitrogens is 2. The molecule has 22 heavy (non-hydrogen) atoms. The van der Waals surface area contributed by atoms with Gasteiger partial charge in [0, 0.05) is 18.6 Å². The highest BCUT2D eigenvalue weighted by Gasteiger charge is 2.20. The van der Waals surface area contributed by atoms with Crippen molar-refractivity contribution in [2.24, 2.45) is 14.1 Å². The van der Waals surface area contributed by atoms with E-state index < -0.39 is 17.0 Å². The lowest BCUT2D eigenvalue weighted by atomic mass is 10.2. The second-order valence-corrected chi connectivity index (χ2v) is 5.55. The number of hydrogen-bond acceptors (Lipinski definition) is 5. The Kier molecular flexibility index (Phi) is 4.51. The molecule has 0 aliphatic heterocycles. The number of carbonyl (C=O) groups is 1. The number of anilines is 1. The summed E-state index contributed by atoms with van der Waals surface area (Å²) in [5.74, 6) is -0.285. The van der Waals surface area contributed by atoms with Crippen LogP contribution in [0.5, 0.6) is 5.75 Å². The van der Waals surface area contributed by atoms with Crippen molar-refractivity contribution >= 4 is 27.5 Å². The molecule has 2 N–H and O–H groups in total. The number of nitrogens with zero attached hydrogens (tertiary/aromatic N) is 2. The van der Waals surface area contributed by atoms with Gasteiger partial charge in [-0.2, -0.15) is 0 Å². The summed E-state index contributed by atoms with van der Waals surface area (Å²) in [6.07, 6.45) is 0. The number of halogens is 1. The van der Waals surface area contributed by atoms with E-state index in [0.29, 0.717) is 5.75 Å². The zero-order valence-electron chi connectivity index (χ0n) is 12.0. The number of rotatable bonds is 4. The first-order chi connectivity index (χ1) is 10.3. The molecule has 0 aliphatic carbocycles. The fourth-order valence-electron chi connectivity index (χ4n) is 1.90. The van der Waals surface area contributed by atoms with Gasteiger partial charge in [0.15, 0.2) is 6.61 Å². The molecule has 0 spiro atoms. The Labute approximate surface area is 134 Å². The fourth-order valence-corrected chi connectivity index (χ4v) is 2.28. The molecule has 116 valence electrons. The van der Waals surface area contributed by atoms with Crippen LogP contribution in [0.1, 0.15) is 10.4 Å². The third-order valence-corrected chi connectivity index (χ3v) is 3.65. The highest BCUT2D eigenvalue weighted by molar-refractivity contribution is 9.10. The van der Waals surface area contributed by atoms with Gasteiger partial charge in [-0.3, -0.25) is 18.7 Å². The predicted molar refractivity (Wildman–Crippen MR) is 85.3 cm³/mol. The van der Waals surface area contributed by atoms with Crippen LogP contribution >= 0.6 is 15.9 Å². The Morgan fingerprint density at radius 2 is 1.95 bits per heavy atom. The summed E-state index contributed by atoms with van der Waals surface area (Å²) in [5.41, 5.74) is 4.14. The largest absolute Gasteiger partial charge is 0.485 e. The van der Waals surface area contributed by atoms with Crippen LogP contribution in [-0.2, 0) is 14.1 Å². The standard InChI is InChI=1S/C14H14BrN3O4/c1-17-12(16)11(13(20)18(2)14(17)21)10(19)7-22-9-5-3-4-8(15)6-9/h3-6H,7,16H2,1-2H3. The van der Waals surface area contributed by atoms with Gasteiger partial charge in [0.1, 0.15) is 17.1 Å². The number of hydrogen-bond donors (Lipinski definition) is 1. The molecule has 1 aromatic heterocycles. The number of benzene rings is 1. The van der Waals surface area contributed by atoms with Crippen LogP contribution in [0.25, 0.3) is 0 Å². The summed E-state index contributed by atoms with van der Waals surface area (Å²) >= 11 is 3.29. The van der Waals surface area contributed by atoms with E-state index in [4.69, 9.17) is 10.5 Å². The number of ketones is 1. The maximum atomic E-state index is 12.2. The maximum absolute atomic E-state index is 12.2. The van der Waals surface area contributed by atoms with Crippen LogP contribution in [0.15, 0.2) is 38.3 Å². The van der Waals surface area contributed by atoms with Crippen molar-refractivity contribution in [3.63, 3.8) is 0 Å². The van der Waals surface area contributed by atoms with E-state index in [9.17, 15) is 14.4 Å². The quantitative estimate of drug-likeness (QED) is 0.802. The molecular weight excluding hydrogens is 354 g/mol. The summed E-state index contributed by atoms with van der Waals surface area (Å²) in [6, 6.07) is 6.94. The summed E-state index contributed by atoms with van der Waals surface area (Å²) in [6.45, 7) is -0.353. The zero-order chi connectivity index (χ0) is 16.4. The lowest BCUT2D eigenvalue weighted by molar-refractivity contribution is 0.0919. The number of carbonyl (C=O) groups excluding carboxylic acids is 1. The van der Waals surface area contributed by atoms with Crippen molar-refractivity contribution in [3.8, 4) is 5.75 Å². The van der Waals surface area contributed by atoms with Crippen LogP contribution in [0.2, 0.25) is 0 Å². The van der Waals surface area contributed by atoms with E-state index in [1.807, 2.05) is 6.07 Å². The van der Waals surface area contributed by atoms with Gasteiger partial charge in [-0.25, -0.2) is 4.79 Å². The smallest absolute Gasteiger partial charge is 0.332 e. The van der Waals surface area contributed by atoms with E-state index >= 15 is 0 Å². The number of ether oxygens (including phenoxy) is 1. The van der Waals surface area contributed by atoms with Crippen LogP contribution in [0.3, 0.4) is 0 Å². The molecule has 7 nitrogen and oxygen atoms in total. The van der Waals surface area contributed by atoms with Gasteiger partial charge >= 0.3 is 5.69 Å². The molecule has 0 aliphatic rings. The highest BCUT2D eigenvalue weighted by atomic mass is 79.9. The number of nitrogen functional groups attached to an aromatic ring is 1. The molecule has 2 aromatic rings. The predicted octanol–water partition coefficient (Wildman–Crippen LogP) is 0.690. The molecule has 0 fully saturated rings. The lowest BCUT2D eigenvalue weighted by Gasteiger charge is -2.11. The molecule has 2 rings (SSSR count). The van der Waals surface area contributed by atoms with E-state index in [1.54, 1.807) is 18.2 Å². The Hall–Kier alpha value is -2.35. The lowest BCUT2D eigenvalue weighted by Crippen LogP contribution is -2.42. The third-order valence-electron chi connectivity index (χ3n) is 3.15. The minimum atomic E-state index is -0.733. The molecule has 0 saturated carbocycles. The highest BCUT2D eigenvalue weighted by Crippen LogP contribution is 2.18. The fraction of sp³-hybridized carbons (Fsp3) is 0.214. The molecule has 0 atom stereocenters. The number of nitrogens with two attached hydrogens (primary N) is 1. The third kappa shape index (κ3) is 2.96. The van der Waals surface area contributed by atoms with Crippen molar-refractivity contribution in [2.45, 2.75) is 0 Å². The molecule has 0 radical (unpaired) electrons. The van der Waals surface area contributed by atoms with Gasteiger partial charge < -0.3 is 10.5 Å². The summed E-state index contributed by atoms with van der Waals surface area (Å²) in [7, 11) is 2.68. The second kappa shape index (κ2) is 6.18. The van der Waals surface area contributed by atoms with Gasteiger partial charge in [-0.15, -0.1) is 0 Å². The van der Waals surface area contributed by atoms with Crippen LogP contribution < -0.4 is 21.7 Å². The first-order valence-corrected chi connectivity index (χ1v) is 7.09. The molecular formula is C14H14BrN3O4. The van der Waals surface area contributed by atoms with E-state index in [-0.39, 0.29) is 18.0 Å². The first-order valence-electron chi connectivity index (χ1n) is 6.30. The molecule has 0 bridgehead atoms. The van der Waals surface area contributed by atoms with Gasteiger partial charge in [0.05, 0.1) is 0 Å². The Morgan fingerprint density at radius 3 is 2.59 bits per heavy atom. The van der Waals surface area contributed by atoms with Crippen LogP contribution in [0, 0.1) is 0 Å². The summed E-state index contributed by atoms with van der Waals surface area (Å²) in [5, 5.41) is 0. The van der Waals surface area contributed by atoms with Crippen LogP contribution in [-0.4, -0.2) is 21.5 Å². The van der Waals surface area contributed by atoms with Gasteiger partial charge in [0.2, 0.25) is 5.78 Å². The van der Waals surface area contributed by atoms with Gasteiger partial charge in [-0.1, -0.05) is 22.0 Å².